The van der Waals surface area contributed by atoms with E-state index in [1.807, 2.05) is 6.07 Å². The second kappa shape index (κ2) is 5.61. The minimum atomic E-state index is -0.155. The van der Waals surface area contributed by atoms with Crippen molar-refractivity contribution in [1.29, 1.82) is 0 Å². The number of benzene rings is 1. The number of halogens is 1. The highest BCUT2D eigenvalue weighted by molar-refractivity contribution is 5.23. The fourth-order valence-electron chi connectivity index (χ4n) is 2.40. The van der Waals surface area contributed by atoms with Gasteiger partial charge >= 0.3 is 0 Å². The Bertz CT molecular complexity index is 380. The number of rotatable bonds is 4. The van der Waals surface area contributed by atoms with Crippen molar-refractivity contribution >= 4 is 0 Å². The van der Waals surface area contributed by atoms with Gasteiger partial charge in [0.2, 0.25) is 0 Å². The van der Waals surface area contributed by atoms with Crippen molar-refractivity contribution < 1.29 is 9.50 Å². The third-order valence-corrected chi connectivity index (χ3v) is 3.59. The third kappa shape index (κ3) is 3.27. The van der Waals surface area contributed by atoms with Crippen molar-refractivity contribution in [3.05, 3.63) is 35.1 Å². The van der Waals surface area contributed by atoms with Crippen LogP contribution in [-0.4, -0.2) is 17.8 Å². The van der Waals surface area contributed by atoms with E-state index in [0.29, 0.717) is 18.0 Å². The smallest absolute Gasteiger partial charge is 0.126 e. The molecule has 2 nitrogen and oxygen atoms in total. The molecule has 0 spiro atoms. The average molecular weight is 237 g/mol. The Balaban J connectivity index is 1.79. The van der Waals surface area contributed by atoms with Crippen molar-refractivity contribution in [2.45, 2.75) is 38.8 Å². The van der Waals surface area contributed by atoms with Crippen LogP contribution in [0.2, 0.25) is 0 Å². The maximum absolute atomic E-state index is 13.3. The van der Waals surface area contributed by atoms with Crippen molar-refractivity contribution in [1.82, 2.24) is 5.32 Å². The van der Waals surface area contributed by atoms with Crippen LogP contribution in [-0.2, 0) is 6.54 Å². The van der Waals surface area contributed by atoms with Crippen LogP contribution in [0.15, 0.2) is 18.2 Å². The number of aryl methyl sites for hydroxylation is 1. The van der Waals surface area contributed by atoms with Crippen LogP contribution in [0, 0.1) is 18.7 Å². The first kappa shape index (κ1) is 12.5. The monoisotopic (exact) mass is 237 g/mol. The molecule has 17 heavy (non-hydrogen) atoms. The zero-order valence-corrected chi connectivity index (χ0v) is 10.2. The maximum Gasteiger partial charge on any atom is 0.126 e. The Hall–Kier alpha value is -0.930. The lowest BCUT2D eigenvalue weighted by molar-refractivity contribution is 0.131. The third-order valence-electron chi connectivity index (χ3n) is 3.59. The Morgan fingerprint density at radius 3 is 2.88 bits per heavy atom. The molecule has 1 aromatic carbocycles. The van der Waals surface area contributed by atoms with Crippen LogP contribution in [0.5, 0.6) is 0 Å². The lowest BCUT2D eigenvalue weighted by Crippen LogP contribution is -2.27. The second-order valence-corrected chi connectivity index (χ2v) is 4.97. The summed E-state index contributed by atoms with van der Waals surface area (Å²) in [6, 6.07) is 5.32. The van der Waals surface area contributed by atoms with Gasteiger partial charge in [0.1, 0.15) is 5.82 Å². The van der Waals surface area contributed by atoms with Gasteiger partial charge in [0.05, 0.1) is 6.10 Å². The Morgan fingerprint density at radius 1 is 1.41 bits per heavy atom. The number of nitrogens with one attached hydrogen (secondary N) is 1. The van der Waals surface area contributed by atoms with Gasteiger partial charge in [-0.2, -0.15) is 0 Å². The van der Waals surface area contributed by atoms with Crippen LogP contribution in [0.1, 0.15) is 30.4 Å². The lowest BCUT2D eigenvalue weighted by Gasteiger charge is -2.15. The summed E-state index contributed by atoms with van der Waals surface area (Å²) in [6.45, 7) is 3.25. The van der Waals surface area contributed by atoms with Gasteiger partial charge in [-0.05, 0) is 42.9 Å². The molecule has 1 saturated carbocycles. The van der Waals surface area contributed by atoms with Gasteiger partial charge < -0.3 is 10.4 Å². The summed E-state index contributed by atoms with van der Waals surface area (Å²) in [7, 11) is 0. The summed E-state index contributed by atoms with van der Waals surface area (Å²) >= 11 is 0. The van der Waals surface area contributed by atoms with E-state index >= 15 is 0 Å². The minimum Gasteiger partial charge on any atom is -0.393 e. The average Bonchev–Trinajstić information content (AvgIpc) is 2.70. The molecule has 1 aliphatic rings. The molecule has 0 heterocycles. The molecular formula is C14H20FNO. The first-order valence-electron chi connectivity index (χ1n) is 6.30. The topological polar surface area (TPSA) is 32.3 Å². The summed E-state index contributed by atoms with van der Waals surface area (Å²) < 4.78 is 13.3. The summed E-state index contributed by atoms with van der Waals surface area (Å²) in [4.78, 5) is 0. The molecule has 0 aromatic heterocycles. The normalized spacial score (nSPS) is 24.2. The number of aliphatic hydroxyl groups is 1. The lowest BCUT2D eigenvalue weighted by atomic mass is 10.1. The van der Waals surface area contributed by atoms with Crippen molar-refractivity contribution in [3.63, 3.8) is 0 Å². The van der Waals surface area contributed by atoms with Gasteiger partial charge in [0.15, 0.2) is 0 Å². The SMILES string of the molecule is Cc1ccc(CNCC2CCCC2O)cc1F. The highest BCUT2D eigenvalue weighted by Gasteiger charge is 2.24. The van der Waals surface area contributed by atoms with E-state index in [9.17, 15) is 9.50 Å². The second-order valence-electron chi connectivity index (χ2n) is 4.97. The van der Waals surface area contributed by atoms with Crippen LogP contribution in [0.3, 0.4) is 0 Å². The molecular weight excluding hydrogens is 217 g/mol. The van der Waals surface area contributed by atoms with Crippen LogP contribution < -0.4 is 5.32 Å². The predicted molar refractivity (Wildman–Crippen MR) is 66.2 cm³/mol. The van der Waals surface area contributed by atoms with Crippen LogP contribution in [0.25, 0.3) is 0 Å². The fourth-order valence-corrected chi connectivity index (χ4v) is 2.40. The highest BCUT2D eigenvalue weighted by atomic mass is 19.1. The molecule has 0 radical (unpaired) electrons. The van der Waals surface area contributed by atoms with Gasteiger partial charge in [-0.1, -0.05) is 18.6 Å². The molecule has 0 amide bonds. The van der Waals surface area contributed by atoms with Crippen molar-refractivity contribution in [2.24, 2.45) is 5.92 Å². The summed E-state index contributed by atoms with van der Waals surface area (Å²) in [5, 5.41) is 13.0. The fraction of sp³-hybridized carbons (Fsp3) is 0.571. The molecule has 3 heteroatoms. The number of hydrogen-bond donors (Lipinski definition) is 2. The van der Waals surface area contributed by atoms with Crippen LogP contribution >= 0.6 is 0 Å². The summed E-state index contributed by atoms with van der Waals surface area (Å²) in [5.41, 5.74) is 1.64. The molecule has 2 rings (SSSR count). The number of aliphatic hydroxyl groups excluding tert-OH is 1. The Morgan fingerprint density at radius 2 is 2.24 bits per heavy atom. The van der Waals surface area contributed by atoms with Gasteiger partial charge in [0, 0.05) is 13.1 Å². The molecule has 1 fully saturated rings. The molecule has 0 aliphatic heterocycles. The van der Waals surface area contributed by atoms with E-state index in [4.69, 9.17) is 0 Å². The Kier molecular flexibility index (Phi) is 4.13. The quantitative estimate of drug-likeness (QED) is 0.842. The zero-order valence-electron chi connectivity index (χ0n) is 10.2. The molecule has 94 valence electrons. The number of hydrogen-bond acceptors (Lipinski definition) is 2. The molecule has 1 aliphatic carbocycles. The van der Waals surface area contributed by atoms with Gasteiger partial charge in [-0.25, -0.2) is 4.39 Å². The van der Waals surface area contributed by atoms with E-state index in [0.717, 1.165) is 31.4 Å². The van der Waals surface area contributed by atoms with E-state index < -0.39 is 0 Å². The van der Waals surface area contributed by atoms with Crippen molar-refractivity contribution in [2.75, 3.05) is 6.54 Å². The van der Waals surface area contributed by atoms with E-state index in [2.05, 4.69) is 5.32 Å². The molecule has 1 aromatic rings. The maximum atomic E-state index is 13.3. The van der Waals surface area contributed by atoms with Gasteiger partial charge in [0.25, 0.3) is 0 Å². The molecule has 0 bridgehead atoms. The standard InChI is InChI=1S/C14H20FNO/c1-10-5-6-11(7-13(10)15)8-16-9-12-3-2-4-14(12)17/h5-7,12,14,16-17H,2-4,8-9H2,1H3. The highest BCUT2D eigenvalue weighted by Crippen LogP contribution is 2.24. The van der Waals surface area contributed by atoms with E-state index in [1.165, 1.54) is 0 Å². The van der Waals surface area contributed by atoms with Gasteiger partial charge in [-0.3, -0.25) is 0 Å². The van der Waals surface area contributed by atoms with Crippen molar-refractivity contribution in [3.8, 4) is 0 Å². The summed E-state index contributed by atoms with van der Waals surface area (Å²) in [5.74, 6) is 0.218. The molecule has 2 unspecified atom stereocenters. The largest absolute Gasteiger partial charge is 0.393 e. The zero-order chi connectivity index (χ0) is 12.3. The van der Waals surface area contributed by atoms with Gasteiger partial charge in [-0.15, -0.1) is 0 Å². The van der Waals surface area contributed by atoms with E-state index in [1.54, 1.807) is 19.1 Å². The first-order valence-corrected chi connectivity index (χ1v) is 6.30. The Labute approximate surface area is 102 Å². The first-order chi connectivity index (χ1) is 8.16. The summed E-state index contributed by atoms with van der Waals surface area (Å²) in [6.07, 6.45) is 2.98. The van der Waals surface area contributed by atoms with Crippen LogP contribution in [0.4, 0.5) is 4.39 Å². The molecule has 2 N–H and O–H groups in total. The molecule has 0 saturated heterocycles. The minimum absolute atomic E-state index is 0.148. The molecule has 2 atom stereocenters. The predicted octanol–water partition coefficient (Wildman–Crippen LogP) is 2.38. The van der Waals surface area contributed by atoms with E-state index in [-0.39, 0.29) is 11.9 Å².